The van der Waals surface area contributed by atoms with E-state index in [1.165, 1.54) is 0 Å². The van der Waals surface area contributed by atoms with Gasteiger partial charge in [-0.25, -0.2) is 0 Å². The Balaban J connectivity index is 1.91. The molecule has 0 saturated carbocycles. The molecule has 0 radical (unpaired) electrons. The van der Waals surface area contributed by atoms with Crippen LogP contribution in [-0.4, -0.2) is 12.5 Å². The van der Waals surface area contributed by atoms with Crippen LogP contribution in [0.15, 0.2) is 36.4 Å². The number of aryl methyl sites for hydroxylation is 1. The first-order valence-corrected chi connectivity index (χ1v) is 6.22. The molecule has 3 rings (SSSR count). The minimum atomic E-state index is -0.191. The summed E-state index contributed by atoms with van der Waals surface area (Å²) in [7, 11) is 0. The highest BCUT2D eigenvalue weighted by molar-refractivity contribution is 5.96. The molecule has 1 aliphatic rings. The molecule has 5 heteroatoms. The van der Waals surface area contributed by atoms with E-state index in [4.69, 9.17) is 15.2 Å². The van der Waals surface area contributed by atoms with Gasteiger partial charge in [-0.05, 0) is 19.1 Å². The Morgan fingerprint density at radius 1 is 1.25 bits per heavy atom. The lowest BCUT2D eigenvalue weighted by Crippen LogP contribution is -2.25. The molecule has 0 bridgehead atoms. The van der Waals surface area contributed by atoms with Gasteiger partial charge in [-0.2, -0.15) is 0 Å². The van der Waals surface area contributed by atoms with Gasteiger partial charge in [0, 0.05) is 12.1 Å². The second kappa shape index (κ2) is 4.77. The molecule has 0 fully saturated rings. The van der Waals surface area contributed by atoms with Crippen molar-refractivity contribution in [3.8, 4) is 17.2 Å². The topological polar surface area (TPSA) is 73.6 Å². The van der Waals surface area contributed by atoms with Gasteiger partial charge in [0.2, 0.25) is 0 Å². The zero-order chi connectivity index (χ0) is 14.1. The van der Waals surface area contributed by atoms with Crippen molar-refractivity contribution in [3.05, 3.63) is 42.0 Å². The molecular weight excluding hydrogens is 256 g/mol. The first-order chi connectivity index (χ1) is 9.61. The predicted molar refractivity (Wildman–Crippen MR) is 76.2 cm³/mol. The van der Waals surface area contributed by atoms with Crippen LogP contribution in [0.2, 0.25) is 0 Å². The van der Waals surface area contributed by atoms with Crippen LogP contribution in [0.4, 0.5) is 11.4 Å². The third-order valence-corrected chi connectivity index (χ3v) is 2.99. The van der Waals surface area contributed by atoms with Crippen molar-refractivity contribution in [2.24, 2.45) is 0 Å². The first kappa shape index (κ1) is 12.3. The van der Waals surface area contributed by atoms with Gasteiger partial charge < -0.3 is 20.5 Å². The third kappa shape index (κ3) is 2.38. The van der Waals surface area contributed by atoms with Crippen LogP contribution in [0.3, 0.4) is 0 Å². The van der Waals surface area contributed by atoms with E-state index in [0.717, 1.165) is 5.56 Å². The van der Waals surface area contributed by atoms with E-state index in [9.17, 15) is 4.79 Å². The molecule has 1 amide bonds. The van der Waals surface area contributed by atoms with Gasteiger partial charge in [-0.3, -0.25) is 4.79 Å². The van der Waals surface area contributed by atoms with Crippen LogP contribution in [0.25, 0.3) is 0 Å². The fraction of sp³-hybridized carbons (Fsp3) is 0.133. The van der Waals surface area contributed by atoms with Crippen molar-refractivity contribution in [1.29, 1.82) is 0 Å². The molecule has 0 unspecified atom stereocenters. The first-order valence-electron chi connectivity index (χ1n) is 6.22. The minimum Gasteiger partial charge on any atom is -0.481 e. The van der Waals surface area contributed by atoms with Crippen molar-refractivity contribution in [2.75, 3.05) is 17.7 Å². The Morgan fingerprint density at radius 3 is 2.75 bits per heavy atom. The third-order valence-electron chi connectivity index (χ3n) is 2.99. The highest BCUT2D eigenvalue weighted by Crippen LogP contribution is 2.38. The van der Waals surface area contributed by atoms with E-state index in [1.54, 1.807) is 12.1 Å². The van der Waals surface area contributed by atoms with Crippen molar-refractivity contribution in [1.82, 2.24) is 0 Å². The second-order valence-corrected chi connectivity index (χ2v) is 4.64. The average molecular weight is 270 g/mol. The lowest BCUT2D eigenvalue weighted by atomic mass is 10.2. The molecule has 20 heavy (non-hydrogen) atoms. The van der Waals surface area contributed by atoms with Crippen LogP contribution in [0, 0.1) is 6.92 Å². The van der Waals surface area contributed by atoms with E-state index >= 15 is 0 Å². The summed E-state index contributed by atoms with van der Waals surface area (Å²) < 4.78 is 11.0. The van der Waals surface area contributed by atoms with Crippen molar-refractivity contribution in [2.45, 2.75) is 6.92 Å². The van der Waals surface area contributed by atoms with Crippen LogP contribution in [-0.2, 0) is 4.79 Å². The maximum Gasteiger partial charge on any atom is 0.262 e. The number of nitrogens with one attached hydrogen (secondary N) is 1. The summed E-state index contributed by atoms with van der Waals surface area (Å²) in [6, 6.07) is 11.0. The number of hydrogen-bond acceptors (Lipinski definition) is 4. The number of ether oxygens (including phenoxy) is 2. The van der Waals surface area contributed by atoms with Gasteiger partial charge in [0.1, 0.15) is 11.5 Å². The summed E-state index contributed by atoms with van der Waals surface area (Å²) >= 11 is 0. The van der Waals surface area contributed by atoms with Gasteiger partial charge in [-0.1, -0.05) is 17.7 Å². The summed E-state index contributed by atoms with van der Waals surface area (Å²) in [4.78, 5) is 11.3. The number of nitrogen functional groups attached to an aromatic ring is 1. The molecule has 3 N–H and O–H groups in total. The molecule has 2 aromatic rings. The van der Waals surface area contributed by atoms with E-state index in [1.807, 2.05) is 31.2 Å². The highest BCUT2D eigenvalue weighted by atomic mass is 16.5. The zero-order valence-corrected chi connectivity index (χ0v) is 11.0. The van der Waals surface area contributed by atoms with Gasteiger partial charge >= 0.3 is 0 Å². The van der Waals surface area contributed by atoms with Crippen LogP contribution < -0.4 is 20.5 Å². The number of rotatable bonds is 2. The number of hydrogen-bond donors (Lipinski definition) is 2. The Labute approximate surface area is 116 Å². The summed E-state index contributed by atoms with van der Waals surface area (Å²) in [6.07, 6.45) is 0. The monoisotopic (exact) mass is 270 g/mol. The van der Waals surface area contributed by atoms with Gasteiger partial charge in [-0.15, -0.1) is 0 Å². The van der Waals surface area contributed by atoms with E-state index < -0.39 is 0 Å². The van der Waals surface area contributed by atoms with Gasteiger partial charge in [0.05, 0.1) is 11.4 Å². The maximum absolute atomic E-state index is 11.3. The Bertz CT molecular complexity index is 666. The molecule has 1 heterocycles. The summed E-state index contributed by atoms with van der Waals surface area (Å²) in [6.45, 7) is 2.01. The fourth-order valence-electron chi connectivity index (χ4n) is 1.94. The lowest BCUT2D eigenvalue weighted by molar-refractivity contribution is -0.118. The van der Waals surface area contributed by atoms with E-state index in [0.29, 0.717) is 28.6 Å². The van der Waals surface area contributed by atoms with Crippen molar-refractivity contribution < 1.29 is 14.3 Å². The van der Waals surface area contributed by atoms with E-state index in [2.05, 4.69) is 5.32 Å². The molecule has 0 saturated heterocycles. The highest BCUT2D eigenvalue weighted by Gasteiger charge is 2.18. The molecular formula is C15H14N2O3. The molecule has 0 aliphatic carbocycles. The Kier molecular flexibility index (Phi) is 2.95. The molecule has 2 aromatic carbocycles. The number of anilines is 2. The molecule has 0 atom stereocenters. The Morgan fingerprint density at radius 2 is 2.00 bits per heavy atom. The number of benzene rings is 2. The summed E-state index contributed by atoms with van der Waals surface area (Å²) in [5.41, 5.74) is 8.11. The molecule has 5 nitrogen and oxygen atoms in total. The number of nitrogens with two attached hydrogens (primary N) is 1. The molecule has 0 spiro atoms. The number of fused-ring (bicyclic) bond motifs is 1. The average Bonchev–Trinajstić information content (AvgIpc) is 2.42. The molecule has 0 aromatic heterocycles. The maximum atomic E-state index is 11.3. The number of carbonyl (C=O) groups is 1. The zero-order valence-electron chi connectivity index (χ0n) is 11.0. The summed E-state index contributed by atoms with van der Waals surface area (Å²) in [5, 5.41) is 2.72. The quantitative estimate of drug-likeness (QED) is 0.823. The van der Waals surface area contributed by atoms with Crippen LogP contribution in [0.5, 0.6) is 17.2 Å². The minimum absolute atomic E-state index is 0.00457. The van der Waals surface area contributed by atoms with Crippen molar-refractivity contribution in [3.63, 3.8) is 0 Å². The molecule has 1 aliphatic heterocycles. The number of carbonyl (C=O) groups excluding carboxylic acids is 1. The van der Waals surface area contributed by atoms with E-state index in [-0.39, 0.29) is 12.5 Å². The van der Waals surface area contributed by atoms with Crippen molar-refractivity contribution >= 4 is 17.3 Å². The smallest absolute Gasteiger partial charge is 0.262 e. The SMILES string of the molecule is Cc1ccc(Oc2cc3c(cc2N)OCC(=O)N3)cc1. The fourth-order valence-corrected chi connectivity index (χ4v) is 1.94. The second-order valence-electron chi connectivity index (χ2n) is 4.64. The van der Waals surface area contributed by atoms with Gasteiger partial charge in [0.25, 0.3) is 5.91 Å². The summed E-state index contributed by atoms with van der Waals surface area (Å²) in [5.74, 6) is 1.53. The van der Waals surface area contributed by atoms with Crippen LogP contribution in [0.1, 0.15) is 5.56 Å². The van der Waals surface area contributed by atoms with Gasteiger partial charge in [0.15, 0.2) is 12.4 Å². The predicted octanol–water partition coefficient (Wildman–Crippen LogP) is 2.70. The Hall–Kier alpha value is -2.69. The molecule has 102 valence electrons. The van der Waals surface area contributed by atoms with Crippen LogP contribution >= 0.6 is 0 Å². The number of amides is 1. The largest absolute Gasteiger partial charge is 0.481 e. The lowest BCUT2D eigenvalue weighted by Gasteiger charge is -2.19. The normalized spacial score (nSPS) is 13.2. The standard InChI is InChI=1S/C15H14N2O3/c1-9-2-4-10(5-3-9)20-13-7-12-14(6-11(13)16)19-8-15(18)17-12/h2-7H,8,16H2,1H3,(H,17,18).